The third kappa shape index (κ3) is 4.03. The van der Waals surface area contributed by atoms with Crippen molar-refractivity contribution in [2.75, 3.05) is 20.8 Å². The molecule has 126 valence electrons. The topological polar surface area (TPSA) is 68.5 Å². The first-order valence-electron chi connectivity index (χ1n) is 7.66. The Morgan fingerprint density at radius 3 is 2.52 bits per heavy atom. The van der Waals surface area contributed by atoms with Gasteiger partial charge in [-0.25, -0.2) is 0 Å². The van der Waals surface area contributed by atoms with E-state index in [-0.39, 0.29) is 6.61 Å². The van der Waals surface area contributed by atoms with E-state index in [0.29, 0.717) is 6.54 Å². The largest absolute Gasteiger partial charge is 0.493 e. The molecule has 1 heterocycles. The number of benzene rings is 1. The van der Waals surface area contributed by atoms with E-state index < -0.39 is 0 Å². The first-order valence-corrected chi connectivity index (χ1v) is 7.66. The van der Waals surface area contributed by atoms with Gasteiger partial charge in [-0.1, -0.05) is 6.07 Å². The number of aliphatic hydroxyl groups excluding tert-OH is 1. The maximum atomic E-state index is 9.06. The molecule has 6 heteroatoms. The summed E-state index contributed by atoms with van der Waals surface area (Å²) in [6, 6.07) is 5.90. The van der Waals surface area contributed by atoms with Crippen LogP contribution in [0.5, 0.6) is 11.5 Å². The van der Waals surface area contributed by atoms with Crippen LogP contribution < -0.4 is 14.8 Å². The highest BCUT2D eigenvalue weighted by atomic mass is 16.5. The van der Waals surface area contributed by atoms with Crippen molar-refractivity contribution in [2.45, 2.75) is 33.5 Å². The lowest BCUT2D eigenvalue weighted by atomic mass is 10.1. The van der Waals surface area contributed by atoms with Crippen LogP contribution in [0.4, 0.5) is 0 Å². The maximum Gasteiger partial charge on any atom is 0.161 e. The van der Waals surface area contributed by atoms with Crippen LogP contribution in [0, 0.1) is 13.8 Å². The van der Waals surface area contributed by atoms with E-state index in [4.69, 9.17) is 14.6 Å². The zero-order chi connectivity index (χ0) is 16.8. The van der Waals surface area contributed by atoms with Crippen molar-refractivity contribution in [3.8, 4) is 11.5 Å². The van der Waals surface area contributed by atoms with E-state index in [1.165, 1.54) is 5.56 Å². The molecule has 23 heavy (non-hydrogen) atoms. The lowest BCUT2D eigenvalue weighted by Gasteiger charge is -2.10. The van der Waals surface area contributed by atoms with Gasteiger partial charge in [0.05, 0.1) is 33.1 Å². The number of aliphatic hydroxyl groups is 1. The summed E-state index contributed by atoms with van der Waals surface area (Å²) in [6.07, 6.45) is 0. The minimum Gasteiger partial charge on any atom is -0.493 e. The number of rotatable bonds is 8. The third-order valence-corrected chi connectivity index (χ3v) is 3.92. The Labute approximate surface area is 137 Å². The molecule has 2 rings (SSSR count). The van der Waals surface area contributed by atoms with E-state index in [1.807, 2.05) is 36.7 Å². The van der Waals surface area contributed by atoms with Gasteiger partial charge >= 0.3 is 0 Å². The summed E-state index contributed by atoms with van der Waals surface area (Å²) in [5.41, 5.74) is 4.40. The van der Waals surface area contributed by atoms with Crippen LogP contribution in [0.1, 0.15) is 22.5 Å². The molecule has 6 nitrogen and oxygen atoms in total. The summed E-state index contributed by atoms with van der Waals surface area (Å²) in [4.78, 5) is 0. The molecule has 0 spiro atoms. The fraction of sp³-hybridized carbons (Fsp3) is 0.471. The smallest absolute Gasteiger partial charge is 0.161 e. The Bertz CT molecular complexity index is 653. The molecule has 0 saturated heterocycles. The van der Waals surface area contributed by atoms with E-state index in [0.717, 1.165) is 41.5 Å². The van der Waals surface area contributed by atoms with Crippen LogP contribution in [0.2, 0.25) is 0 Å². The molecular formula is C17H25N3O3. The number of hydrogen-bond donors (Lipinski definition) is 2. The fourth-order valence-corrected chi connectivity index (χ4v) is 2.62. The summed E-state index contributed by atoms with van der Waals surface area (Å²) in [5.74, 6) is 1.46. The number of methoxy groups -OCH3 is 2. The van der Waals surface area contributed by atoms with Gasteiger partial charge in [0.1, 0.15) is 0 Å². The number of aromatic nitrogens is 2. The van der Waals surface area contributed by atoms with Gasteiger partial charge in [0.15, 0.2) is 11.5 Å². The summed E-state index contributed by atoms with van der Waals surface area (Å²) in [6.45, 7) is 6.11. The van der Waals surface area contributed by atoms with Crippen molar-refractivity contribution in [1.29, 1.82) is 0 Å². The van der Waals surface area contributed by atoms with E-state index in [2.05, 4.69) is 10.4 Å². The van der Waals surface area contributed by atoms with Crippen LogP contribution in [-0.4, -0.2) is 35.7 Å². The number of aryl methyl sites for hydroxylation is 1. The van der Waals surface area contributed by atoms with Gasteiger partial charge in [0.25, 0.3) is 0 Å². The molecular weight excluding hydrogens is 294 g/mol. The number of nitrogens with zero attached hydrogens (tertiary/aromatic N) is 2. The molecule has 1 aromatic carbocycles. The van der Waals surface area contributed by atoms with Crippen LogP contribution >= 0.6 is 0 Å². The zero-order valence-corrected chi connectivity index (χ0v) is 14.2. The Kier molecular flexibility index (Phi) is 6.01. The highest BCUT2D eigenvalue weighted by Gasteiger charge is 2.11. The average Bonchev–Trinajstić information content (AvgIpc) is 2.82. The van der Waals surface area contributed by atoms with Crippen molar-refractivity contribution in [3.63, 3.8) is 0 Å². The molecule has 0 unspecified atom stereocenters. The Balaban J connectivity index is 2.00. The highest BCUT2D eigenvalue weighted by Crippen LogP contribution is 2.27. The molecule has 2 N–H and O–H groups in total. The molecule has 0 aliphatic heterocycles. The number of nitrogens with one attached hydrogen (secondary N) is 1. The van der Waals surface area contributed by atoms with Gasteiger partial charge < -0.3 is 19.9 Å². The lowest BCUT2D eigenvalue weighted by Crippen LogP contribution is -2.14. The van der Waals surface area contributed by atoms with E-state index >= 15 is 0 Å². The number of hydrogen-bond acceptors (Lipinski definition) is 5. The molecule has 0 aliphatic rings. The second-order valence-corrected chi connectivity index (χ2v) is 5.39. The highest BCUT2D eigenvalue weighted by molar-refractivity contribution is 5.42. The van der Waals surface area contributed by atoms with Gasteiger partial charge in [-0.15, -0.1) is 0 Å². The van der Waals surface area contributed by atoms with E-state index in [1.54, 1.807) is 14.2 Å². The third-order valence-electron chi connectivity index (χ3n) is 3.92. The van der Waals surface area contributed by atoms with Gasteiger partial charge in [0, 0.05) is 24.3 Å². The summed E-state index contributed by atoms with van der Waals surface area (Å²) in [7, 11) is 3.27. The predicted molar refractivity (Wildman–Crippen MR) is 88.9 cm³/mol. The van der Waals surface area contributed by atoms with Crippen molar-refractivity contribution >= 4 is 0 Å². The van der Waals surface area contributed by atoms with Crippen LogP contribution in [0.3, 0.4) is 0 Å². The molecule has 1 aromatic heterocycles. The summed E-state index contributed by atoms with van der Waals surface area (Å²) < 4.78 is 12.4. The van der Waals surface area contributed by atoms with Gasteiger partial charge in [-0.05, 0) is 31.5 Å². The zero-order valence-electron chi connectivity index (χ0n) is 14.2. The number of ether oxygens (including phenoxy) is 2. The minimum atomic E-state index is 0.0977. The Morgan fingerprint density at radius 2 is 1.87 bits per heavy atom. The second-order valence-electron chi connectivity index (χ2n) is 5.39. The first kappa shape index (κ1) is 17.3. The molecule has 2 aromatic rings. The van der Waals surface area contributed by atoms with Crippen molar-refractivity contribution in [3.05, 3.63) is 40.7 Å². The van der Waals surface area contributed by atoms with Crippen LogP contribution in [0.25, 0.3) is 0 Å². The molecule has 0 amide bonds. The molecule has 0 atom stereocenters. The van der Waals surface area contributed by atoms with Crippen molar-refractivity contribution in [2.24, 2.45) is 0 Å². The minimum absolute atomic E-state index is 0.0977. The normalized spacial score (nSPS) is 10.8. The first-order chi connectivity index (χ1) is 11.1. The molecule has 0 bridgehead atoms. The summed E-state index contributed by atoms with van der Waals surface area (Å²) >= 11 is 0. The maximum absolute atomic E-state index is 9.06. The van der Waals surface area contributed by atoms with Crippen LogP contribution in [0.15, 0.2) is 18.2 Å². The molecule has 0 radical (unpaired) electrons. The predicted octanol–water partition coefficient (Wildman–Crippen LogP) is 1.80. The van der Waals surface area contributed by atoms with Gasteiger partial charge in [-0.2, -0.15) is 5.10 Å². The van der Waals surface area contributed by atoms with Crippen molar-refractivity contribution < 1.29 is 14.6 Å². The van der Waals surface area contributed by atoms with E-state index in [9.17, 15) is 0 Å². The fourth-order valence-electron chi connectivity index (χ4n) is 2.62. The Hall–Kier alpha value is -2.05. The molecule has 0 saturated carbocycles. The summed E-state index contributed by atoms with van der Waals surface area (Å²) in [5, 5.41) is 17.0. The lowest BCUT2D eigenvalue weighted by molar-refractivity contribution is 0.267. The van der Waals surface area contributed by atoms with Gasteiger partial charge in [0.2, 0.25) is 0 Å². The second kappa shape index (κ2) is 7.99. The van der Waals surface area contributed by atoms with Gasteiger partial charge in [-0.3, -0.25) is 4.68 Å². The monoisotopic (exact) mass is 319 g/mol. The Morgan fingerprint density at radius 1 is 1.13 bits per heavy atom. The SMILES string of the molecule is COc1ccc(CNCc2c(C)nn(CCO)c2C)cc1OC. The quantitative estimate of drug-likeness (QED) is 0.776. The molecule has 0 fully saturated rings. The standard InChI is InChI=1S/C17H25N3O3/c1-12-15(13(2)20(19-12)7-8-21)11-18-10-14-5-6-16(22-3)17(9-14)23-4/h5-6,9,18,21H,7-8,10-11H2,1-4H3. The molecule has 0 aliphatic carbocycles. The average molecular weight is 319 g/mol. The van der Waals surface area contributed by atoms with Crippen molar-refractivity contribution in [1.82, 2.24) is 15.1 Å². The van der Waals surface area contributed by atoms with Crippen LogP contribution in [-0.2, 0) is 19.6 Å².